The summed E-state index contributed by atoms with van der Waals surface area (Å²) in [7, 11) is 1.64. The molecule has 0 bridgehead atoms. The van der Waals surface area contributed by atoms with E-state index in [0.29, 0.717) is 30.9 Å². The van der Waals surface area contributed by atoms with Crippen LogP contribution in [0.1, 0.15) is 64.0 Å². The predicted octanol–water partition coefficient (Wildman–Crippen LogP) is 4.93. The molecule has 0 atom stereocenters. The summed E-state index contributed by atoms with van der Waals surface area (Å²) in [5.74, 6) is 1.73. The molecule has 1 aliphatic heterocycles. The van der Waals surface area contributed by atoms with Crippen LogP contribution in [-0.4, -0.2) is 54.5 Å². The lowest BCUT2D eigenvalue weighted by Gasteiger charge is -2.31. The second-order valence-electron chi connectivity index (χ2n) is 9.19. The number of piperidine rings is 1. The average Bonchev–Trinajstić information content (AvgIpc) is 3.39. The molecule has 0 saturated carbocycles. The smallest absolute Gasteiger partial charge is 0.270 e. The first-order chi connectivity index (χ1) is 17.4. The van der Waals surface area contributed by atoms with E-state index in [-0.39, 0.29) is 23.8 Å². The summed E-state index contributed by atoms with van der Waals surface area (Å²) in [4.78, 5) is 32.0. The third-order valence-electron chi connectivity index (χ3n) is 6.19. The van der Waals surface area contributed by atoms with E-state index >= 15 is 0 Å². The number of hydrogen-bond acceptors (Lipinski definition) is 6. The van der Waals surface area contributed by atoms with Gasteiger partial charge in [-0.3, -0.25) is 9.59 Å². The van der Waals surface area contributed by atoms with Crippen molar-refractivity contribution in [2.75, 3.05) is 26.7 Å². The van der Waals surface area contributed by atoms with Gasteiger partial charge >= 0.3 is 0 Å². The molecule has 1 aromatic heterocycles. The second kappa shape index (κ2) is 12.0. The molecule has 0 spiro atoms. The molecule has 4 rings (SSSR count). The van der Waals surface area contributed by atoms with E-state index in [2.05, 4.69) is 10.3 Å². The van der Waals surface area contributed by atoms with Crippen molar-refractivity contribution in [3.05, 3.63) is 75.7 Å². The highest BCUT2D eigenvalue weighted by Gasteiger charge is 2.27. The van der Waals surface area contributed by atoms with Crippen molar-refractivity contribution < 1.29 is 19.1 Å². The minimum atomic E-state index is -0.155. The molecule has 0 aliphatic carbocycles. The Bertz CT molecular complexity index is 1170. The number of methoxy groups -OCH3 is 1. The molecule has 2 aromatic carbocycles. The van der Waals surface area contributed by atoms with E-state index in [4.69, 9.17) is 9.47 Å². The largest absolute Gasteiger partial charge is 0.497 e. The van der Waals surface area contributed by atoms with Crippen molar-refractivity contribution in [1.29, 1.82) is 0 Å². The van der Waals surface area contributed by atoms with Crippen molar-refractivity contribution in [3.63, 3.8) is 0 Å². The molecule has 2 heterocycles. The summed E-state index contributed by atoms with van der Waals surface area (Å²) in [6.45, 7) is 5.84. The van der Waals surface area contributed by atoms with Gasteiger partial charge in [0.25, 0.3) is 11.8 Å². The molecular weight excluding hydrogens is 474 g/mol. The molecule has 190 valence electrons. The van der Waals surface area contributed by atoms with Gasteiger partial charge in [-0.2, -0.15) is 0 Å². The molecule has 36 heavy (non-hydrogen) atoms. The summed E-state index contributed by atoms with van der Waals surface area (Å²) >= 11 is 1.53. The number of rotatable bonds is 9. The van der Waals surface area contributed by atoms with Gasteiger partial charge in [-0.25, -0.2) is 4.98 Å². The zero-order chi connectivity index (χ0) is 25.5. The maximum atomic E-state index is 12.9. The van der Waals surface area contributed by atoms with Crippen LogP contribution >= 0.6 is 11.3 Å². The van der Waals surface area contributed by atoms with E-state index in [1.54, 1.807) is 7.11 Å². The lowest BCUT2D eigenvalue weighted by Crippen LogP contribution is -2.37. The van der Waals surface area contributed by atoms with Crippen LogP contribution in [0.25, 0.3) is 0 Å². The van der Waals surface area contributed by atoms with Crippen molar-refractivity contribution >= 4 is 23.2 Å². The Kier molecular flexibility index (Phi) is 8.59. The normalized spacial score (nSPS) is 14.1. The standard InChI is InChI=1S/C28H33N3O4S/c1-19(2)35-23-9-7-22(8-10-23)28(33)31-15-12-21(13-16-31)27-30-25(18-36-27)26(32)29-14-11-20-5-4-6-24(17-20)34-3/h4-10,17-19,21H,11-16H2,1-3H3,(H,29,32). The zero-order valence-corrected chi connectivity index (χ0v) is 21.8. The maximum Gasteiger partial charge on any atom is 0.270 e. The fourth-order valence-corrected chi connectivity index (χ4v) is 5.25. The van der Waals surface area contributed by atoms with Crippen molar-refractivity contribution in [3.8, 4) is 11.5 Å². The van der Waals surface area contributed by atoms with Gasteiger partial charge in [-0.15, -0.1) is 11.3 Å². The number of carbonyl (C=O) groups is 2. The molecular formula is C28H33N3O4S. The highest BCUT2D eigenvalue weighted by Crippen LogP contribution is 2.31. The van der Waals surface area contributed by atoms with Gasteiger partial charge in [0.1, 0.15) is 17.2 Å². The lowest BCUT2D eigenvalue weighted by atomic mass is 9.97. The van der Waals surface area contributed by atoms with Crippen LogP contribution in [0.2, 0.25) is 0 Å². The van der Waals surface area contributed by atoms with Crippen LogP contribution in [0, 0.1) is 0 Å². The molecule has 8 heteroatoms. The van der Waals surface area contributed by atoms with E-state index in [1.165, 1.54) is 11.3 Å². The maximum absolute atomic E-state index is 12.9. The van der Waals surface area contributed by atoms with Crippen LogP contribution in [0.15, 0.2) is 53.9 Å². The summed E-state index contributed by atoms with van der Waals surface area (Å²) in [5.41, 5.74) is 2.24. The van der Waals surface area contributed by atoms with Crippen LogP contribution in [0.5, 0.6) is 11.5 Å². The predicted molar refractivity (Wildman–Crippen MR) is 141 cm³/mol. The molecule has 3 aromatic rings. The number of nitrogens with zero attached hydrogens (tertiary/aromatic N) is 2. The first kappa shape index (κ1) is 25.7. The SMILES string of the molecule is COc1cccc(CCNC(=O)c2csc(C3CCN(C(=O)c4ccc(OC(C)C)cc4)CC3)n2)c1. The number of thiazole rings is 1. The summed E-state index contributed by atoms with van der Waals surface area (Å²) < 4.78 is 10.9. The number of carbonyl (C=O) groups excluding carboxylic acids is 2. The third kappa shape index (κ3) is 6.63. The summed E-state index contributed by atoms with van der Waals surface area (Å²) in [6, 6.07) is 15.2. The Morgan fingerprint density at radius 2 is 1.86 bits per heavy atom. The third-order valence-corrected chi connectivity index (χ3v) is 7.20. The number of likely N-dealkylation sites (tertiary alicyclic amines) is 1. The Labute approximate surface area is 216 Å². The summed E-state index contributed by atoms with van der Waals surface area (Å²) in [5, 5.41) is 5.75. The molecule has 1 saturated heterocycles. The first-order valence-electron chi connectivity index (χ1n) is 12.4. The lowest BCUT2D eigenvalue weighted by molar-refractivity contribution is 0.0713. The fraction of sp³-hybridized carbons (Fsp3) is 0.393. The Morgan fingerprint density at radius 1 is 1.11 bits per heavy atom. The minimum Gasteiger partial charge on any atom is -0.497 e. The van der Waals surface area contributed by atoms with Crippen LogP contribution in [0.4, 0.5) is 0 Å². The molecule has 1 fully saturated rings. The van der Waals surface area contributed by atoms with E-state index < -0.39 is 0 Å². The number of nitrogens with one attached hydrogen (secondary N) is 1. The van der Waals surface area contributed by atoms with Crippen molar-refractivity contribution in [2.45, 2.75) is 45.1 Å². The highest BCUT2D eigenvalue weighted by atomic mass is 32.1. The summed E-state index contributed by atoms with van der Waals surface area (Å²) in [6.07, 6.45) is 2.50. The Balaban J connectivity index is 1.25. The monoisotopic (exact) mass is 507 g/mol. The zero-order valence-electron chi connectivity index (χ0n) is 21.0. The van der Waals surface area contributed by atoms with Gasteiger partial charge in [-0.1, -0.05) is 12.1 Å². The second-order valence-corrected chi connectivity index (χ2v) is 10.1. The van der Waals surface area contributed by atoms with Gasteiger partial charge in [0.05, 0.1) is 18.2 Å². The Morgan fingerprint density at radius 3 is 2.56 bits per heavy atom. The van der Waals surface area contributed by atoms with Crippen molar-refractivity contribution in [1.82, 2.24) is 15.2 Å². The topological polar surface area (TPSA) is 80.8 Å². The minimum absolute atomic E-state index is 0.0415. The molecule has 7 nitrogen and oxygen atoms in total. The quantitative estimate of drug-likeness (QED) is 0.444. The van der Waals surface area contributed by atoms with Crippen LogP contribution in [-0.2, 0) is 6.42 Å². The molecule has 2 amide bonds. The van der Waals surface area contributed by atoms with E-state index in [1.807, 2.05) is 72.7 Å². The first-order valence-corrected chi connectivity index (χ1v) is 13.2. The van der Waals surface area contributed by atoms with Gasteiger partial charge in [0.15, 0.2) is 0 Å². The van der Waals surface area contributed by atoms with Crippen LogP contribution < -0.4 is 14.8 Å². The molecule has 0 radical (unpaired) electrons. The molecule has 1 N–H and O–H groups in total. The number of hydrogen-bond donors (Lipinski definition) is 1. The number of ether oxygens (including phenoxy) is 2. The van der Waals surface area contributed by atoms with Gasteiger partial charge < -0.3 is 19.7 Å². The van der Waals surface area contributed by atoms with Gasteiger partial charge in [0, 0.05) is 36.5 Å². The van der Waals surface area contributed by atoms with E-state index in [0.717, 1.165) is 41.3 Å². The van der Waals surface area contributed by atoms with Gasteiger partial charge in [0.2, 0.25) is 0 Å². The highest BCUT2D eigenvalue weighted by molar-refractivity contribution is 7.09. The molecule has 0 unspecified atom stereocenters. The fourth-order valence-electron chi connectivity index (χ4n) is 4.28. The number of aromatic nitrogens is 1. The average molecular weight is 508 g/mol. The van der Waals surface area contributed by atoms with Gasteiger partial charge in [-0.05, 0) is 75.1 Å². The van der Waals surface area contributed by atoms with Crippen LogP contribution in [0.3, 0.4) is 0 Å². The van der Waals surface area contributed by atoms with Crippen molar-refractivity contribution in [2.24, 2.45) is 0 Å². The number of amides is 2. The van der Waals surface area contributed by atoms with E-state index in [9.17, 15) is 9.59 Å². The number of benzene rings is 2. The molecule has 1 aliphatic rings. The Hall–Kier alpha value is -3.39.